The van der Waals surface area contributed by atoms with Crippen LogP contribution in [0.3, 0.4) is 0 Å². The lowest BCUT2D eigenvalue weighted by Gasteiger charge is -2.22. The molecule has 0 spiro atoms. The van der Waals surface area contributed by atoms with Gasteiger partial charge in [0.05, 0.1) is 12.8 Å². The number of pyridine rings is 1. The summed E-state index contributed by atoms with van der Waals surface area (Å²) in [5.41, 5.74) is 0.170. The molecule has 0 atom stereocenters. The predicted octanol–water partition coefficient (Wildman–Crippen LogP) is 1.89. The Hall–Kier alpha value is -0.940. The summed E-state index contributed by atoms with van der Waals surface area (Å²) in [4.78, 5) is 15.6. The standard InChI is InChI=1S/C11H15BrN2O2/c1-11(2,10(15)16-3)14-7-9-5-4-8(12)6-13-9/h4-6,14H,7H2,1-3H3. The number of carbonyl (C=O) groups is 1. The Morgan fingerprint density at radius 3 is 2.75 bits per heavy atom. The first-order chi connectivity index (χ1) is 7.45. The van der Waals surface area contributed by atoms with Crippen molar-refractivity contribution in [3.05, 3.63) is 28.5 Å². The topological polar surface area (TPSA) is 51.2 Å². The minimum Gasteiger partial charge on any atom is -0.468 e. The molecule has 0 saturated carbocycles. The minimum absolute atomic E-state index is 0.287. The van der Waals surface area contributed by atoms with Crippen LogP contribution in [0.1, 0.15) is 19.5 Å². The number of esters is 1. The zero-order valence-electron chi connectivity index (χ0n) is 9.58. The van der Waals surface area contributed by atoms with Crippen molar-refractivity contribution in [2.24, 2.45) is 0 Å². The van der Waals surface area contributed by atoms with Crippen molar-refractivity contribution < 1.29 is 9.53 Å². The van der Waals surface area contributed by atoms with Gasteiger partial charge in [0.1, 0.15) is 5.54 Å². The van der Waals surface area contributed by atoms with Crippen LogP contribution in [0.25, 0.3) is 0 Å². The van der Waals surface area contributed by atoms with Crippen LogP contribution in [0.15, 0.2) is 22.8 Å². The van der Waals surface area contributed by atoms with E-state index in [1.165, 1.54) is 7.11 Å². The molecule has 0 unspecified atom stereocenters. The molecule has 4 nitrogen and oxygen atoms in total. The van der Waals surface area contributed by atoms with Gasteiger partial charge in [-0.05, 0) is 41.9 Å². The fourth-order valence-electron chi connectivity index (χ4n) is 1.15. The molecule has 0 aliphatic rings. The largest absolute Gasteiger partial charge is 0.468 e. The van der Waals surface area contributed by atoms with Crippen LogP contribution in [0, 0.1) is 0 Å². The number of aromatic nitrogens is 1. The monoisotopic (exact) mass is 286 g/mol. The number of hydrogen-bond acceptors (Lipinski definition) is 4. The van der Waals surface area contributed by atoms with E-state index in [1.54, 1.807) is 20.0 Å². The van der Waals surface area contributed by atoms with Gasteiger partial charge in [-0.3, -0.25) is 15.1 Å². The third-order valence-electron chi connectivity index (χ3n) is 2.20. The van der Waals surface area contributed by atoms with Gasteiger partial charge in [0, 0.05) is 17.2 Å². The lowest BCUT2D eigenvalue weighted by molar-refractivity contribution is -0.147. The van der Waals surface area contributed by atoms with Crippen molar-refractivity contribution in [1.29, 1.82) is 0 Å². The number of nitrogens with zero attached hydrogens (tertiary/aromatic N) is 1. The Morgan fingerprint density at radius 2 is 2.25 bits per heavy atom. The maximum absolute atomic E-state index is 11.4. The molecule has 0 aliphatic heterocycles. The summed E-state index contributed by atoms with van der Waals surface area (Å²) in [5.74, 6) is -0.287. The van der Waals surface area contributed by atoms with Gasteiger partial charge in [0.15, 0.2) is 0 Å². The highest BCUT2D eigenvalue weighted by Gasteiger charge is 2.27. The van der Waals surface area contributed by atoms with E-state index in [9.17, 15) is 4.79 Å². The molecule has 1 aromatic heterocycles. The van der Waals surface area contributed by atoms with Crippen molar-refractivity contribution in [2.45, 2.75) is 25.9 Å². The first-order valence-electron chi connectivity index (χ1n) is 4.89. The Balaban J connectivity index is 2.57. The average Bonchev–Trinajstić information content (AvgIpc) is 2.27. The van der Waals surface area contributed by atoms with Crippen molar-refractivity contribution in [3.63, 3.8) is 0 Å². The van der Waals surface area contributed by atoms with E-state index in [1.807, 2.05) is 12.1 Å². The molecular weight excluding hydrogens is 272 g/mol. The fraction of sp³-hybridized carbons (Fsp3) is 0.455. The van der Waals surface area contributed by atoms with Crippen LogP contribution < -0.4 is 5.32 Å². The normalized spacial score (nSPS) is 11.2. The zero-order valence-corrected chi connectivity index (χ0v) is 11.2. The van der Waals surface area contributed by atoms with E-state index in [0.29, 0.717) is 6.54 Å². The lowest BCUT2D eigenvalue weighted by Crippen LogP contribution is -2.47. The van der Waals surface area contributed by atoms with Crippen LogP contribution >= 0.6 is 15.9 Å². The molecule has 0 saturated heterocycles. The summed E-state index contributed by atoms with van der Waals surface area (Å²) < 4.78 is 5.63. The van der Waals surface area contributed by atoms with Gasteiger partial charge in [0.2, 0.25) is 0 Å². The van der Waals surface area contributed by atoms with E-state index in [2.05, 4.69) is 26.2 Å². The van der Waals surface area contributed by atoms with Crippen LogP contribution in [0.4, 0.5) is 0 Å². The van der Waals surface area contributed by atoms with Crippen LogP contribution in [0.5, 0.6) is 0 Å². The number of hydrogen-bond donors (Lipinski definition) is 1. The molecule has 5 heteroatoms. The highest BCUT2D eigenvalue weighted by molar-refractivity contribution is 9.10. The first kappa shape index (κ1) is 13.1. The van der Waals surface area contributed by atoms with Gasteiger partial charge in [-0.15, -0.1) is 0 Å². The molecule has 1 heterocycles. The summed E-state index contributed by atoms with van der Waals surface area (Å²) in [6, 6.07) is 3.81. The second-order valence-electron chi connectivity index (χ2n) is 3.94. The second kappa shape index (κ2) is 5.41. The van der Waals surface area contributed by atoms with E-state index < -0.39 is 5.54 Å². The maximum atomic E-state index is 11.4. The SMILES string of the molecule is COC(=O)C(C)(C)NCc1ccc(Br)cn1. The molecule has 0 aliphatic carbocycles. The summed E-state index contributed by atoms with van der Waals surface area (Å²) in [6.45, 7) is 4.07. The average molecular weight is 287 g/mol. The van der Waals surface area contributed by atoms with E-state index in [-0.39, 0.29) is 5.97 Å². The molecule has 0 fully saturated rings. The number of methoxy groups -OCH3 is 1. The van der Waals surface area contributed by atoms with Crippen molar-refractivity contribution >= 4 is 21.9 Å². The number of ether oxygens (including phenoxy) is 1. The summed E-state index contributed by atoms with van der Waals surface area (Å²) in [5, 5.41) is 3.09. The molecule has 1 rings (SSSR count). The zero-order chi connectivity index (χ0) is 12.2. The molecule has 0 radical (unpaired) electrons. The van der Waals surface area contributed by atoms with Gasteiger partial charge in [-0.2, -0.15) is 0 Å². The molecule has 88 valence electrons. The van der Waals surface area contributed by atoms with E-state index in [0.717, 1.165) is 10.2 Å². The van der Waals surface area contributed by atoms with Gasteiger partial charge < -0.3 is 4.74 Å². The lowest BCUT2D eigenvalue weighted by atomic mass is 10.1. The summed E-state index contributed by atoms with van der Waals surface area (Å²) in [7, 11) is 1.38. The third kappa shape index (κ3) is 3.57. The van der Waals surface area contributed by atoms with Crippen molar-refractivity contribution in [3.8, 4) is 0 Å². The molecular formula is C11H15BrN2O2. The minimum atomic E-state index is -0.705. The smallest absolute Gasteiger partial charge is 0.325 e. The number of halogens is 1. The Bertz CT molecular complexity index is 363. The van der Waals surface area contributed by atoms with Gasteiger partial charge in [0.25, 0.3) is 0 Å². The highest BCUT2D eigenvalue weighted by Crippen LogP contribution is 2.09. The predicted molar refractivity (Wildman–Crippen MR) is 64.9 cm³/mol. The molecule has 16 heavy (non-hydrogen) atoms. The fourth-order valence-corrected chi connectivity index (χ4v) is 1.38. The van der Waals surface area contributed by atoms with Crippen molar-refractivity contribution in [2.75, 3.05) is 7.11 Å². The quantitative estimate of drug-likeness (QED) is 0.859. The number of carbonyl (C=O) groups excluding carboxylic acids is 1. The summed E-state index contributed by atoms with van der Waals surface area (Å²) >= 11 is 3.31. The second-order valence-corrected chi connectivity index (χ2v) is 4.85. The van der Waals surface area contributed by atoms with Crippen LogP contribution in [-0.2, 0) is 16.1 Å². The number of nitrogens with one attached hydrogen (secondary N) is 1. The molecule has 0 bridgehead atoms. The Labute approximate surface area is 104 Å². The summed E-state index contributed by atoms with van der Waals surface area (Å²) in [6.07, 6.45) is 1.72. The number of rotatable bonds is 4. The van der Waals surface area contributed by atoms with Gasteiger partial charge in [-0.25, -0.2) is 0 Å². The van der Waals surface area contributed by atoms with E-state index in [4.69, 9.17) is 4.74 Å². The van der Waals surface area contributed by atoms with Crippen LogP contribution in [-0.4, -0.2) is 23.6 Å². The van der Waals surface area contributed by atoms with Crippen LogP contribution in [0.2, 0.25) is 0 Å². The maximum Gasteiger partial charge on any atom is 0.325 e. The van der Waals surface area contributed by atoms with Crippen molar-refractivity contribution in [1.82, 2.24) is 10.3 Å². The van der Waals surface area contributed by atoms with Gasteiger partial charge in [-0.1, -0.05) is 0 Å². The molecule has 0 amide bonds. The molecule has 1 N–H and O–H groups in total. The Kier molecular flexibility index (Phi) is 4.44. The molecule has 1 aromatic rings. The highest BCUT2D eigenvalue weighted by atomic mass is 79.9. The third-order valence-corrected chi connectivity index (χ3v) is 2.66. The van der Waals surface area contributed by atoms with Gasteiger partial charge >= 0.3 is 5.97 Å². The first-order valence-corrected chi connectivity index (χ1v) is 5.69. The Morgan fingerprint density at radius 1 is 1.56 bits per heavy atom. The van der Waals surface area contributed by atoms with E-state index >= 15 is 0 Å². The molecule has 0 aromatic carbocycles.